The quantitative estimate of drug-likeness (QED) is 0.803. The molecule has 2 heterocycles. The van der Waals surface area contributed by atoms with E-state index in [1.165, 1.54) is 12.8 Å². The first-order chi connectivity index (χ1) is 8.15. The van der Waals surface area contributed by atoms with Gasteiger partial charge in [-0.1, -0.05) is 15.9 Å². The fourth-order valence-electron chi connectivity index (χ4n) is 2.05. The van der Waals surface area contributed by atoms with Crippen molar-refractivity contribution in [2.75, 3.05) is 5.33 Å². The Bertz CT molecular complexity index is 626. The van der Waals surface area contributed by atoms with Gasteiger partial charge >= 0.3 is 0 Å². The van der Waals surface area contributed by atoms with E-state index >= 15 is 0 Å². The molecule has 0 aromatic carbocycles. The van der Waals surface area contributed by atoms with Gasteiger partial charge in [-0.2, -0.15) is 5.10 Å². The number of rotatable bonds is 3. The maximum Gasteiger partial charge on any atom is 0.264 e. The highest BCUT2D eigenvalue weighted by atomic mass is 79.9. The number of aryl methyl sites for hydroxylation is 1. The van der Waals surface area contributed by atoms with E-state index in [2.05, 4.69) is 26.0 Å². The zero-order valence-electron chi connectivity index (χ0n) is 9.56. The molecule has 0 spiro atoms. The lowest BCUT2D eigenvalue weighted by Crippen LogP contribution is -2.25. The number of hydrogen-bond donors (Lipinski definition) is 0. The molecule has 5 nitrogen and oxygen atoms in total. The molecule has 1 fully saturated rings. The van der Waals surface area contributed by atoms with Crippen molar-refractivity contribution < 1.29 is 0 Å². The molecule has 6 heteroatoms. The molecule has 3 rings (SSSR count). The van der Waals surface area contributed by atoms with E-state index in [4.69, 9.17) is 0 Å². The Morgan fingerprint density at radius 1 is 1.53 bits per heavy atom. The van der Waals surface area contributed by atoms with Gasteiger partial charge in [-0.3, -0.25) is 14.0 Å². The lowest BCUT2D eigenvalue weighted by atomic mass is 10.1. The van der Waals surface area contributed by atoms with E-state index < -0.39 is 0 Å². The molecule has 0 amide bonds. The SMILES string of the molecule is Cn1ncc2c(=O)n(CC3(CBr)CC3)cnc21. The minimum atomic E-state index is 0.00956. The van der Waals surface area contributed by atoms with Crippen LogP contribution in [-0.4, -0.2) is 24.7 Å². The van der Waals surface area contributed by atoms with Gasteiger partial charge in [0.2, 0.25) is 0 Å². The molecule has 0 radical (unpaired) electrons. The second-order valence-corrected chi connectivity index (χ2v) is 5.38. The average molecular weight is 297 g/mol. The Kier molecular flexibility index (Phi) is 2.36. The Hall–Kier alpha value is -1.17. The lowest BCUT2D eigenvalue weighted by molar-refractivity contribution is 0.463. The van der Waals surface area contributed by atoms with Crippen molar-refractivity contribution in [3.63, 3.8) is 0 Å². The fraction of sp³-hybridized carbons (Fsp3) is 0.545. The van der Waals surface area contributed by atoms with Gasteiger partial charge in [0.1, 0.15) is 5.39 Å². The number of halogens is 1. The van der Waals surface area contributed by atoms with Gasteiger partial charge in [-0.15, -0.1) is 0 Å². The van der Waals surface area contributed by atoms with Crippen molar-refractivity contribution in [2.45, 2.75) is 19.4 Å². The van der Waals surface area contributed by atoms with Crippen LogP contribution in [0.4, 0.5) is 0 Å². The largest absolute Gasteiger partial charge is 0.298 e. The Balaban J connectivity index is 2.06. The van der Waals surface area contributed by atoms with Gasteiger partial charge in [-0.05, 0) is 18.3 Å². The summed E-state index contributed by atoms with van der Waals surface area (Å²) >= 11 is 3.52. The first kappa shape index (κ1) is 11.0. The minimum absolute atomic E-state index is 0.00956. The highest BCUT2D eigenvalue weighted by Gasteiger charge is 2.42. The molecule has 0 aliphatic heterocycles. The van der Waals surface area contributed by atoms with Crippen LogP contribution in [0, 0.1) is 5.41 Å². The molecular weight excluding hydrogens is 284 g/mol. The number of hydrogen-bond acceptors (Lipinski definition) is 3. The normalized spacial score (nSPS) is 17.5. The van der Waals surface area contributed by atoms with Crippen molar-refractivity contribution in [3.05, 3.63) is 22.9 Å². The number of aromatic nitrogens is 4. The van der Waals surface area contributed by atoms with Gasteiger partial charge in [0.25, 0.3) is 5.56 Å². The summed E-state index contributed by atoms with van der Waals surface area (Å²) < 4.78 is 3.33. The Labute approximate surface area is 107 Å². The highest BCUT2D eigenvalue weighted by Crippen LogP contribution is 2.48. The summed E-state index contributed by atoms with van der Waals surface area (Å²) in [5.41, 5.74) is 0.923. The summed E-state index contributed by atoms with van der Waals surface area (Å²) in [5.74, 6) is 0. The van der Waals surface area contributed by atoms with Crippen LogP contribution in [0.5, 0.6) is 0 Å². The zero-order chi connectivity index (χ0) is 12.0. The van der Waals surface area contributed by atoms with Crippen molar-refractivity contribution in [1.29, 1.82) is 0 Å². The Morgan fingerprint density at radius 2 is 2.29 bits per heavy atom. The van der Waals surface area contributed by atoms with E-state index in [1.807, 2.05) is 0 Å². The van der Waals surface area contributed by atoms with Crippen LogP contribution >= 0.6 is 15.9 Å². The van der Waals surface area contributed by atoms with Crippen LogP contribution in [0.15, 0.2) is 17.3 Å². The lowest BCUT2D eigenvalue weighted by Gasteiger charge is -2.12. The first-order valence-corrected chi connectivity index (χ1v) is 6.70. The first-order valence-electron chi connectivity index (χ1n) is 5.58. The standard InChI is InChI=1S/C11H13BrN4O/c1-15-9-8(4-14-15)10(17)16(7-13-9)6-11(5-12)2-3-11/h4,7H,2-3,5-6H2,1H3. The van der Waals surface area contributed by atoms with E-state index in [9.17, 15) is 4.79 Å². The monoisotopic (exact) mass is 296 g/mol. The summed E-state index contributed by atoms with van der Waals surface area (Å²) in [5, 5.41) is 5.60. The average Bonchev–Trinajstić information content (AvgIpc) is 3.01. The number of fused-ring (bicyclic) bond motifs is 1. The third-order valence-corrected chi connectivity index (χ3v) is 4.65. The third kappa shape index (κ3) is 1.71. The van der Waals surface area contributed by atoms with E-state index in [0.29, 0.717) is 11.0 Å². The zero-order valence-corrected chi connectivity index (χ0v) is 11.1. The molecule has 2 aromatic rings. The third-order valence-electron chi connectivity index (χ3n) is 3.46. The molecular formula is C11H13BrN4O. The second-order valence-electron chi connectivity index (χ2n) is 4.82. The van der Waals surface area contributed by atoms with Crippen molar-refractivity contribution in [1.82, 2.24) is 19.3 Å². The van der Waals surface area contributed by atoms with Gasteiger partial charge in [0.15, 0.2) is 5.65 Å². The van der Waals surface area contributed by atoms with Crippen molar-refractivity contribution in [2.24, 2.45) is 12.5 Å². The molecule has 0 unspecified atom stereocenters. The summed E-state index contributed by atoms with van der Waals surface area (Å²) in [4.78, 5) is 16.5. The minimum Gasteiger partial charge on any atom is -0.298 e. The molecule has 0 atom stereocenters. The number of nitrogens with zero attached hydrogens (tertiary/aromatic N) is 4. The van der Waals surface area contributed by atoms with Crippen LogP contribution in [0.1, 0.15) is 12.8 Å². The summed E-state index contributed by atoms with van der Waals surface area (Å²) in [6, 6.07) is 0. The molecule has 90 valence electrons. The summed E-state index contributed by atoms with van der Waals surface area (Å²) in [6.07, 6.45) is 5.58. The smallest absolute Gasteiger partial charge is 0.264 e. The van der Waals surface area contributed by atoms with Crippen LogP contribution < -0.4 is 5.56 Å². The molecule has 1 aliphatic rings. The van der Waals surface area contributed by atoms with Crippen LogP contribution in [0.25, 0.3) is 11.0 Å². The highest BCUT2D eigenvalue weighted by molar-refractivity contribution is 9.09. The van der Waals surface area contributed by atoms with Gasteiger partial charge in [0, 0.05) is 18.9 Å². The molecule has 1 saturated carbocycles. The van der Waals surface area contributed by atoms with E-state index in [-0.39, 0.29) is 11.0 Å². The topological polar surface area (TPSA) is 52.7 Å². The number of alkyl halides is 1. The van der Waals surface area contributed by atoms with Gasteiger partial charge in [0.05, 0.1) is 12.5 Å². The van der Waals surface area contributed by atoms with Crippen LogP contribution in [0.2, 0.25) is 0 Å². The molecule has 0 N–H and O–H groups in total. The molecule has 0 bridgehead atoms. The van der Waals surface area contributed by atoms with Crippen molar-refractivity contribution in [3.8, 4) is 0 Å². The summed E-state index contributed by atoms with van der Waals surface area (Å²) in [6.45, 7) is 0.745. The van der Waals surface area contributed by atoms with Gasteiger partial charge < -0.3 is 0 Å². The Morgan fingerprint density at radius 3 is 2.94 bits per heavy atom. The van der Waals surface area contributed by atoms with E-state index in [1.54, 1.807) is 28.8 Å². The van der Waals surface area contributed by atoms with Crippen LogP contribution in [-0.2, 0) is 13.6 Å². The molecule has 17 heavy (non-hydrogen) atoms. The van der Waals surface area contributed by atoms with Crippen LogP contribution in [0.3, 0.4) is 0 Å². The fourth-order valence-corrected chi connectivity index (χ4v) is 2.79. The predicted octanol–water partition coefficient (Wildman–Crippen LogP) is 1.31. The van der Waals surface area contributed by atoms with Gasteiger partial charge in [-0.25, -0.2) is 4.98 Å². The predicted molar refractivity (Wildman–Crippen MR) is 68.2 cm³/mol. The summed E-state index contributed by atoms with van der Waals surface area (Å²) in [7, 11) is 1.79. The van der Waals surface area contributed by atoms with Crippen molar-refractivity contribution >= 4 is 27.0 Å². The maximum absolute atomic E-state index is 12.2. The maximum atomic E-state index is 12.2. The second kappa shape index (κ2) is 3.66. The molecule has 2 aromatic heterocycles. The molecule has 0 saturated heterocycles. The molecule has 1 aliphatic carbocycles. The van der Waals surface area contributed by atoms with E-state index in [0.717, 1.165) is 11.9 Å².